The first kappa shape index (κ1) is 21.5. The molecular formula is C32H33N. The van der Waals surface area contributed by atoms with E-state index in [1.807, 2.05) is 18.2 Å². The lowest BCUT2D eigenvalue weighted by atomic mass is 9.84. The van der Waals surface area contributed by atoms with Gasteiger partial charge in [-0.3, -0.25) is 0 Å². The van der Waals surface area contributed by atoms with E-state index in [1.54, 1.807) is 11.1 Å². The number of benzene rings is 3. The first-order valence-electron chi connectivity index (χ1n) is 12.1. The Balaban J connectivity index is 1.63. The molecule has 0 aromatic heterocycles. The quantitative estimate of drug-likeness (QED) is 0.352. The topological polar surface area (TPSA) is 3.24 Å². The number of fused-ring (bicyclic) bond motifs is 5. The summed E-state index contributed by atoms with van der Waals surface area (Å²) in [5, 5.41) is 0. The van der Waals surface area contributed by atoms with E-state index in [1.165, 1.54) is 47.1 Å². The van der Waals surface area contributed by atoms with E-state index in [4.69, 9.17) is 0 Å². The van der Waals surface area contributed by atoms with Crippen LogP contribution in [0.15, 0.2) is 91.7 Å². The first-order valence-corrected chi connectivity index (χ1v) is 12.1. The fourth-order valence-electron chi connectivity index (χ4n) is 6.30. The summed E-state index contributed by atoms with van der Waals surface area (Å²) in [6, 6.07) is 20.0. The predicted molar refractivity (Wildman–Crippen MR) is 142 cm³/mol. The number of rotatable bonds is 6. The highest BCUT2D eigenvalue weighted by Crippen LogP contribution is 2.55. The molecular weight excluding hydrogens is 398 g/mol. The minimum absolute atomic E-state index is 0.774. The Morgan fingerprint density at radius 3 is 2.21 bits per heavy atom. The van der Waals surface area contributed by atoms with E-state index in [9.17, 15) is 0 Å². The SMILES string of the molecule is C=C/C=C(\C=C)N(c1ccccc1)c1cc(C)c(-c2cc(C)c3c(c2)C2CCC3C2)c(C)c1. The summed E-state index contributed by atoms with van der Waals surface area (Å²) < 4.78 is 0. The van der Waals surface area contributed by atoms with Gasteiger partial charge in [-0.2, -0.15) is 0 Å². The summed E-state index contributed by atoms with van der Waals surface area (Å²) in [6.07, 6.45) is 9.83. The van der Waals surface area contributed by atoms with Crippen LogP contribution in [0.25, 0.3) is 11.1 Å². The van der Waals surface area contributed by atoms with Crippen molar-refractivity contribution >= 4 is 11.4 Å². The molecule has 2 bridgehead atoms. The number of anilines is 2. The second kappa shape index (κ2) is 8.56. The zero-order chi connectivity index (χ0) is 23.1. The molecule has 0 heterocycles. The van der Waals surface area contributed by atoms with Crippen LogP contribution < -0.4 is 4.90 Å². The van der Waals surface area contributed by atoms with Crippen molar-refractivity contribution < 1.29 is 0 Å². The highest BCUT2D eigenvalue weighted by Gasteiger charge is 2.38. The molecule has 2 aliphatic rings. The van der Waals surface area contributed by atoms with Gasteiger partial charge in [-0.15, -0.1) is 0 Å². The van der Waals surface area contributed by atoms with Crippen molar-refractivity contribution in [3.8, 4) is 11.1 Å². The van der Waals surface area contributed by atoms with Crippen molar-refractivity contribution in [3.63, 3.8) is 0 Å². The number of nitrogens with zero attached hydrogens (tertiary/aromatic N) is 1. The summed E-state index contributed by atoms with van der Waals surface area (Å²) in [5.41, 5.74) is 13.4. The van der Waals surface area contributed by atoms with Gasteiger partial charge in [0.2, 0.25) is 0 Å². The van der Waals surface area contributed by atoms with Crippen molar-refractivity contribution in [2.24, 2.45) is 0 Å². The number of hydrogen-bond donors (Lipinski definition) is 0. The minimum Gasteiger partial charge on any atom is -0.311 e. The standard InChI is InChI=1S/C32H33N/c1-6-11-27(7-2)33(28-12-9-8-10-13-28)29-17-22(4)31(23(5)18-29)26-16-21(3)32-25-15-14-24(19-25)30(32)20-26/h6-13,16-18,20,24-25H,1-2,14-15,19H2,3-5H3/b27-11+. The monoisotopic (exact) mass is 431 g/mol. The Kier molecular flexibility index (Phi) is 5.58. The third-order valence-electron chi connectivity index (χ3n) is 7.53. The molecule has 5 rings (SSSR count). The van der Waals surface area contributed by atoms with Crippen molar-refractivity contribution in [1.82, 2.24) is 0 Å². The molecule has 2 unspecified atom stereocenters. The summed E-state index contributed by atoms with van der Waals surface area (Å²) >= 11 is 0. The van der Waals surface area contributed by atoms with Gasteiger partial charge in [-0.05, 0) is 127 Å². The van der Waals surface area contributed by atoms with Crippen LogP contribution in [0.2, 0.25) is 0 Å². The van der Waals surface area contributed by atoms with E-state index in [2.05, 4.69) is 93.4 Å². The van der Waals surface area contributed by atoms with Gasteiger partial charge in [0.15, 0.2) is 0 Å². The molecule has 2 aliphatic carbocycles. The van der Waals surface area contributed by atoms with E-state index in [0.717, 1.165) is 28.9 Å². The van der Waals surface area contributed by atoms with Gasteiger partial charge in [0.1, 0.15) is 0 Å². The van der Waals surface area contributed by atoms with Crippen molar-refractivity contribution in [1.29, 1.82) is 0 Å². The fourth-order valence-corrected chi connectivity index (χ4v) is 6.30. The Hall–Kier alpha value is -3.32. The lowest BCUT2D eigenvalue weighted by Gasteiger charge is -2.28. The molecule has 0 N–H and O–H groups in total. The van der Waals surface area contributed by atoms with Crippen molar-refractivity contribution in [2.45, 2.75) is 51.9 Å². The zero-order valence-electron chi connectivity index (χ0n) is 20.1. The third kappa shape index (κ3) is 3.66. The molecule has 3 aromatic rings. The highest BCUT2D eigenvalue weighted by atomic mass is 15.1. The van der Waals surface area contributed by atoms with Gasteiger partial charge >= 0.3 is 0 Å². The van der Waals surface area contributed by atoms with Crippen LogP contribution in [0, 0.1) is 20.8 Å². The molecule has 1 heteroatoms. The average Bonchev–Trinajstić information content (AvgIpc) is 3.42. The lowest BCUT2D eigenvalue weighted by molar-refractivity contribution is 0.714. The van der Waals surface area contributed by atoms with Crippen molar-refractivity contribution in [3.05, 3.63) is 119 Å². The fraction of sp³-hybridized carbons (Fsp3) is 0.250. The number of allylic oxidation sites excluding steroid dienone is 3. The van der Waals surface area contributed by atoms with E-state index >= 15 is 0 Å². The van der Waals surface area contributed by atoms with Crippen LogP contribution >= 0.6 is 0 Å². The van der Waals surface area contributed by atoms with Gasteiger partial charge in [0.05, 0.1) is 0 Å². The average molecular weight is 432 g/mol. The van der Waals surface area contributed by atoms with Crippen LogP contribution in [-0.4, -0.2) is 0 Å². The molecule has 1 nitrogen and oxygen atoms in total. The van der Waals surface area contributed by atoms with Gasteiger partial charge < -0.3 is 4.90 Å². The molecule has 2 atom stereocenters. The smallest absolute Gasteiger partial charge is 0.0467 e. The third-order valence-corrected chi connectivity index (χ3v) is 7.53. The Morgan fingerprint density at radius 1 is 0.848 bits per heavy atom. The second-order valence-corrected chi connectivity index (χ2v) is 9.66. The maximum atomic E-state index is 4.07. The van der Waals surface area contributed by atoms with Gasteiger partial charge in [0.25, 0.3) is 0 Å². The van der Waals surface area contributed by atoms with Gasteiger partial charge in [0, 0.05) is 17.1 Å². The minimum atomic E-state index is 0.774. The Labute approximate surface area is 198 Å². The molecule has 166 valence electrons. The van der Waals surface area contributed by atoms with E-state index in [0.29, 0.717) is 0 Å². The normalized spacial score (nSPS) is 18.8. The molecule has 0 radical (unpaired) electrons. The van der Waals surface area contributed by atoms with Crippen LogP contribution in [0.3, 0.4) is 0 Å². The molecule has 1 saturated carbocycles. The Bertz CT molecular complexity index is 1240. The number of hydrogen-bond acceptors (Lipinski definition) is 1. The molecule has 0 aliphatic heterocycles. The van der Waals surface area contributed by atoms with Crippen LogP contribution in [-0.2, 0) is 0 Å². The van der Waals surface area contributed by atoms with Crippen LogP contribution in [0.4, 0.5) is 11.4 Å². The maximum Gasteiger partial charge on any atom is 0.0467 e. The van der Waals surface area contributed by atoms with Crippen LogP contribution in [0.5, 0.6) is 0 Å². The summed E-state index contributed by atoms with van der Waals surface area (Å²) in [4.78, 5) is 2.26. The lowest BCUT2D eigenvalue weighted by Crippen LogP contribution is -2.15. The Morgan fingerprint density at radius 2 is 1.55 bits per heavy atom. The summed E-state index contributed by atoms with van der Waals surface area (Å²) in [5.74, 6) is 1.58. The molecule has 3 aromatic carbocycles. The zero-order valence-corrected chi connectivity index (χ0v) is 20.1. The second-order valence-electron chi connectivity index (χ2n) is 9.66. The molecule has 1 fully saturated rings. The van der Waals surface area contributed by atoms with E-state index < -0.39 is 0 Å². The number of para-hydroxylation sites is 1. The van der Waals surface area contributed by atoms with Crippen LogP contribution in [0.1, 0.15) is 58.9 Å². The summed E-state index contributed by atoms with van der Waals surface area (Å²) in [7, 11) is 0. The summed E-state index contributed by atoms with van der Waals surface area (Å²) in [6.45, 7) is 14.8. The van der Waals surface area contributed by atoms with Crippen molar-refractivity contribution in [2.75, 3.05) is 4.90 Å². The predicted octanol–water partition coefficient (Wildman–Crippen LogP) is 9.04. The van der Waals surface area contributed by atoms with E-state index in [-0.39, 0.29) is 0 Å². The molecule has 0 saturated heterocycles. The molecule has 0 amide bonds. The molecule has 0 spiro atoms. The largest absolute Gasteiger partial charge is 0.311 e. The first-order chi connectivity index (χ1) is 16.0. The number of aryl methyl sites for hydroxylation is 3. The van der Waals surface area contributed by atoms with Gasteiger partial charge in [-0.1, -0.05) is 49.6 Å². The maximum absolute atomic E-state index is 4.07. The highest BCUT2D eigenvalue weighted by molar-refractivity contribution is 5.79. The molecule has 33 heavy (non-hydrogen) atoms. The van der Waals surface area contributed by atoms with Gasteiger partial charge in [-0.25, -0.2) is 0 Å².